The average molecular weight is 372 g/mol. The monoisotopic (exact) mass is 372 g/mol. The highest BCUT2D eigenvalue weighted by Crippen LogP contribution is 2.32. The Morgan fingerprint density at radius 2 is 1.75 bits per heavy atom. The summed E-state index contributed by atoms with van der Waals surface area (Å²) in [6.45, 7) is 1.82. The predicted molar refractivity (Wildman–Crippen MR) is 109 cm³/mol. The van der Waals surface area contributed by atoms with Crippen LogP contribution in [-0.4, -0.2) is 24.1 Å². The number of benzene rings is 3. The molecular formula is C23H20N2O3. The van der Waals surface area contributed by atoms with Gasteiger partial charge in [-0.3, -0.25) is 14.4 Å². The van der Waals surface area contributed by atoms with Gasteiger partial charge < -0.3 is 10.2 Å². The molecule has 1 fully saturated rings. The van der Waals surface area contributed by atoms with E-state index in [1.54, 1.807) is 29.2 Å². The van der Waals surface area contributed by atoms with E-state index in [0.29, 0.717) is 17.8 Å². The van der Waals surface area contributed by atoms with Crippen LogP contribution in [0.15, 0.2) is 66.7 Å². The summed E-state index contributed by atoms with van der Waals surface area (Å²) in [5, 5.41) is 4.89. The fourth-order valence-electron chi connectivity index (χ4n) is 3.62. The number of ketones is 1. The van der Waals surface area contributed by atoms with Crippen LogP contribution >= 0.6 is 0 Å². The van der Waals surface area contributed by atoms with Crippen molar-refractivity contribution in [1.82, 2.24) is 0 Å². The van der Waals surface area contributed by atoms with Crippen LogP contribution in [0.25, 0.3) is 10.8 Å². The second-order valence-corrected chi connectivity index (χ2v) is 7.03. The van der Waals surface area contributed by atoms with Crippen molar-refractivity contribution in [1.29, 1.82) is 0 Å². The van der Waals surface area contributed by atoms with E-state index in [2.05, 4.69) is 5.32 Å². The van der Waals surface area contributed by atoms with Gasteiger partial charge in [-0.2, -0.15) is 0 Å². The van der Waals surface area contributed by atoms with Gasteiger partial charge in [0.2, 0.25) is 11.8 Å². The van der Waals surface area contributed by atoms with Gasteiger partial charge in [-0.05, 0) is 30.5 Å². The standard InChI is InChI=1S/C23H20N2O3/c1-15(26)17-8-4-9-19(12-17)24-23(28)18-13-22(27)25(14-18)21-11-5-7-16-6-2-3-10-20(16)21/h2-12,18H,13-14H2,1H3,(H,24,28). The maximum Gasteiger partial charge on any atom is 0.229 e. The zero-order valence-corrected chi connectivity index (χ0v) is 15.5. The van der Waals surface area contributed by atoms with Crippen molar-refractivity contribution < 1.29 is 14.4 Å². The Balaban J connectivity index is 1.54. The number of nitrogens with one attached hydrogen (secondary N) is 1. The third kappa shape index (κ3) is 3.39. The first-order valence-electron chi connectivity index (χ1n) is 9.23. The summed E-state index contributed by atoms with van der Waals surface area (Å²) in [6.07, 6.45) is 0.168. The van der Waals surface area contributed by atoms with Crippen molar-refractivity contribution in [3.63, 3.8) is 0 Å². The molecule has 1 atom stereocenters. The first-order chi connectivity index (χ1) is 13.5. The number of Topliss-reactive ketones (excluding diaryl/α,β-unsaturated/α-hetero) is 1. The minimum Gasteiger partial charge on any atom is -0.326 e. The molecule has 1 unspecified atom stereocenters. The van der Waals surface area contributed by atoms with Gasteiger partial charge in [-0.25, -0.2) is 0 Å². The molecule has 2 amide bonds. The van der Waals surface area contributed by atoms with Gasteiger partial charge in [0, 0.05) is 29.6 Å². The van der Waals surface area contributed by atoms with Crippen molar-refractivity contribution in [2.24, 2.45) is 5.92 Å². The Labute approximate surface area is 163 Å². The highest BCUT2D eigenvalue weighted by atomic mass is 16.2. The molecule has 0 saturated carbocycles. The van der Waals surface area contributed by atoms with Crippen LogP contribution in [0.3, 0.4) is 0 Å². The normalized spacial score (nSPS) is 16.4. The van der Waals surface area contributed by atoms with Crippen LogP contribution in [-0.2, 0) is 9.59 Å². The van der Waals surface area contributed by atoms with Crippen molar-refractivity contribution in [3.8, 4) is 0 Å². The maximum absolute atomic E-state index is 12.7. The Morgan fingerprint density at radius 3 is 2.57 bits per heavy atom. The van der Waals surface area contributed by atoms with Crippen LogP contribution in [0.5, 0.6) is 0 Å². The van der Waals surface area contributed by atoms with Crippen LogP contribution < -0.4 is 10.2 Å². The van der Waals surface area contributed by atoms with Crippen molar-refractivity contribution in [2.75, 3.05) is 16.8 Å². The Hall–Kier alpha value is -3.47. The zero-order chi connectivity index (χ0) is 19.7. The van der Waals surface area contributed by atoms with E-state index in [0.717, 1.165) is 16.5 Å². The third-order valence-electron chi connectivity index (χ3n) is 5.09. The summed E-state index contributed by atoms with van der Waals surface area (Å²) in [7, 11) is 0. The molecule has 5 heteroatoms. The summed E-state index contributed by atoms with van der Waals surface area (Å²) >= 11 is 0. The molecule has 1 aliphatic rings. The number of carbonyl (C=O) groups is 3. The van der Waals surface area contributed by atoms with Crippen LogP contribution in [0.4, 0.5) is 11.4 Å². The number of hydrogen-bond donors (Lipinski definition) is 1. The summed E-state index contributed by atoms with van der Waals surface area (Å²) in [4.78, 5) is 38.6. The fraction of sp³-hybridized carbons (Fsp3) is 0.174. The second-order valence-electron chi connectivity index (χ2n) is 7.03. The Morgan fingerprint density at radius 1 is 1.00 bits per heavy atom. The van der Waals surface area contributed by atoms with E-state index in [9.17, 15) is 14.4 Å². The molecule has 1 aliphatic heterocycles. The molecule has 0 radical (unpaired) electrons. The van der Waals surface area contributed by atoms with Gasteiger partial charge in [0.1, 0.15) is 0 Å². The highest BCUT2D eigenvalue weighted by molar-refractivity contribution is 6.08. The van der Waals surface area contributed by atoms with Crippen LogP contribution in [0, 0.1) is 5.92 Å². The lowest BCUT2D eigenvalue weighted by Crippen LogP contribution is -2.28. The molecule has 28 heavy (non-hydrogen) atoms. The summed E-state index contributed by atoms with van der Waals surface area (Å²) in [5.74, 6) is -0.771. The predicted octanol–water partition coefficient (Wildman–Crippen LogP) is 4.03. The minimum absolute atomic E-state index is 0.0609. The van der Waals surface area contributed by atoms with E-state index in [1.165, 1.54) is 6.92 Å². The van der Waals surface area contributed by atoms with Crippen molar-refractivity contribution >= 4 is 39.7 Å². The SMILES string of the molecule is CC(=O)c1cccc(NC(=O)C2CC(=O)N(c3cccc4ccccc34)C2)c1. The number of rotatable bonds is 4. The molecule has 1 heterocycles. The molecule has 0 spiro atoms. The van der Waals surface area contributed by atoms with Crippen molar-refractivity contribution in [3.05, 3.63) is 72.3 Å². The number of fused-ring (bicyclic) bond motifs is 1. The maximum atomic E-state index is 12.7. The molecule has 0 bridgehead atoms. The smallest absolute Gasteiger partial charge is 0.229 e. The minimum atomic E-state index is -0.438. The molecule has 3 aromatic carbocycles. The molecule has 1 N–H and O–H groups in total. The lowest BCUT2D eigenvalue weighted by molar-refractivity contribution is -0.122. The lowest BCUT2D eigenvalue weighted by Gasteiger charge is -2.19. The molecule has 5 nitrogen and oxygen atoms in total. The number of nitrogens with zero attached hydrogens (tertiary/aromatic N) is 1. The highest BCUT2D eigenvalue weighted by Gasteiger charge is 2.35. The van der Waals surface area contributed by atoms with E-state index in [4.69, 9.17) is 0 Å². The van der Waals surface area contributed by atoms with E-state index in [1.807, 2.05) is 42.5 Å². The fourth-order valence-corrected chi connectivity index (χ4v) is 3.62. The third-order valence-corrected chi connectivity index (χ3v) is 5.09. The first-order valence-corrected chi connectivity index (χ1v) is 9.23. The molecule has 140 valence electrons. The van der Waals surface area contributed by atoms with E-state index < -0.39 is 5.92 Å². The van der Waals surface area contributed by atoms with Gasteiger partial charge in [-0.15, -0.1) is 0 Å². The molecule has 1 saturated heterocycles. The number of anilines is 2. The van der Waals surface area contributed by atoms with E-state index in [-0.39, 0.29) is 24.0 Å². The van der Waals surface area contributed by atoms with Gasteiger partial charge in [0.15, 0.2) is 5.78 Å². The summed E-state index contributed by atoms with van der Waals surface area (Å²) in [6, 6.07) is 20.6. The topological polar surface area (TPSA) is 66.5 Å². The average Bonchev–Trinajstić information content (AvgIpc) is 3.09. The number of hydrogen-bond acceptors (Lipinski definition) is 3. The molecule has 0 aliphatic carbocycles. The lowest BCUT2D eigenvalue weighted by atomic mass is 10.1. The molecule has 0 aromatic heterocycles. The van der Waals surface area contributed by atoms with Gasteiger partial charge >= 0.3 is 0 Å². The van der Waals surface area contributed by atoms with E-state index >= 15 is 0 Å². The van der Waals surface area contributed by atoms with Gasteiger partial charge in [0.25, 0.3) is 0 Å². The van der Waals surface area contributed by atoms with Gasteiger partial charge in [0.05, 0.1) is 11.6 Å². The Bertz CT molecular complexity index is 1080. The number of carbonyl (C=O) groups excluding carboxylic acids is 3. The summed E-state index contributed by atoms with van der Waals surface area (Å²) < 4.78 is 0. The second kappa shape index (κ2) is 7.27. The Kier molecular flexibility index (Phi) is 4.65. The molecule has 4 rings (SSSR count). The summed E-state index contributed by atoms with van der Waals surface area (Å²) in [5.41, 5.74) is 1.93. The first kappa shape index (κ1) is 17.9. The zero-order valence-electron chi connectivity index (χ0n) is 15.5. The molecular weight excluding hydrogens is 352 g/mol. The van der Waals surface area contributed by atoms with Crippen LogP contribution in [0.2, 0.25) is 0 Å². The largest absolute Gasteiger partial charge is 0.326 e. The van der Waals surface area contributed by atoms with Crippen molar-refractivity contribution in [2.45, 2.75) is 13.3 Å². The van der Waals surface area contributed by atoms with Gasteiger partial charge in [-0.1, -0.05) is 48.5 Å². The quantitative estimate of drug-likeness (QED) is 0.703. The number of amides is 2. The van der Waals surface area contributed by atoms with Crippen LogP contribution in [0.1, 0.15) is 23.7 Å². The molecule has 3 aromatic rings.